The Balaban J connectivity index is 1.40. The second-order valence-corrected chi connectivity index (χ2v) is 8.99. The summed E-state index contributed by atoms with van der Waals surface area (Å²) in [4.78, 5) is 12.5. The molecule has 0 fully saturated rings. The molecule has 1 aromatic heterocycles. The van der Waals surface area contributed by atoms with Crippen LogP contribution in [0.2, 0.25) is 5.02 Å². The second kappa shape index (κ2) is 11.7. The average Bonchev–Trinajstić information content (AvgIpc) is 3.26. The first kappa shape index (κ1) is 23.9. The lowest BCUT2D eigenvalue weighted by molar-refractivity contribution is -0.118. The summed E-state index contributed by atoms with van der Waals surface area (Å²) in [7, 11) is 1.64. The number of halogens is 1. The molecule has 0 unspecified atom stereocenters. The molecule has 0 aliphatic carbocycles. The zero-order chi connectivity index (χ0) is 23.8. The number of nitrogens with one attached hydrogen (secondary N) is 1. The molecule has 4 aromatic rings. The average molecular weight is 493 g/mol. The smallest absolute Gasteiger partial charge is 0.230 e. The van der Waals surface area contributed by atoms with Gasteiger partial charge in [-0.1, -0.05) is 65.8 Å². The number of carbonyl (C=O) groups excluding carboxylic acids is 1. The standard InChI is InChI=1S/C26H25ClN4O2S/c1-33-23-13-7-19(8-14-23)15-16-28-25(32)18-34-26-30-29-24(17-20-5-3-2-4-6-20)31(26)22-11-9-21(27)10-12-22/h2-14H,15-18H2,1H3,(H,28,32). The molecular formula is C26H25ClN4O2S. The van der Waals surface area contributed by atoms with Crippen LogP contribution in [0.5, 0.6) is 5.75 Å². The van der Waals surface area contributed by atoms with E-state index in [0.717, 1.165) is 34.8 Å². The quantitative estimate of drug-likeness (QED) is 0.316. The summed E-state index contributed by atoms with van der Waals surface area (Å²) in [6, 6.07) is 25.5. The first-order valence-corrected chi connectivity index (χ1v) is 12.3. The van der Waals surface area contributed by atoms with Crippen LogP contribution in [0.3, 0.4) is 0 Å². The van der Waals surface area contributed by atoms with Gasteiger partial charge >= 0.3 is 0 Å². The van der Waals surface area contributed by atoms with Gasteiger partial charge in [-0.3, -0.25) is 9.36 Å². The Labute approximate surface area is 208 Å². The summed E-state index contributed by atoms with van der Waals surface area (Å²) in [5.74, 6) is 1.82. The predicted molar refractivity (Wildman–Crippen MR) is 136 cm³/mol. The van der Waals surface area contributed by atoms with E-state index in [1.54, 1.807) is 7.11 Å². The largest absolute Gasteiger partial charge is 0.497 e. The molecule has 174 valence electrons. The molecule has 4 rings (SSSR count). The number of methoxy groups -OCH3 is 1. The highest BCUT2D eigenvalue weighted by molar-refractivity contribution is 7.99. The summed E-state index contributed by atoms with van der Waals surface area (Å²) in [6.45, 7) is 0.564. The maximum absolute atomic E-state index is 12.5. The molecule has 34 heavy (non-hydrogen) atoms. The number of thioether (sulfide) groups is 1. The molecule has 0 spiro atoms. The number of nitrogens with zero attached hydrogens (tertiary/aromatic N) is 3. The molecule has 1 heterocycles. The van der Waals surface area contributed by atoms with Crippen molar-refractivity contribution in [3.63, 3.8) is 0 Å². The van der Waals surface area contributed by atoms with Crippen molar-refractivity contribution in [1.29, 1.82) is 0 Å². The van der Waals surface area contributed by atoms with Gasteiger partial charge in [0.15, 0.2) is 5.16 Å². The van der Waals surface area contributed by atoms with E-state index in [-0.39, 0.29) is 11.7 Å². The third-order valence-electron chi connectivity index (χ3n) is 5.22. The summed E-state index contributed by atoms with van der Waals surface area (Å²) in [5.41, 5.74) is 3.18. The Bertz CT molecular complexity index is 1210. The Hall–Kier alpha value is -3.29. The van der Waals surface area contributed by atoms with Gasteiger partial charge in [-0.05, 0) is 53.9 Å². The molecule has 0 saturated heterocycles. The highest BCUT2D eigenvalue weighted by Crippen LogP contribution is 2.24. The summed E-state index contributed by atoms with van der Waals surface area (Å²) in [5, 5.41) is 13.1. The summed E-state index contributed by atoms with van der Waals surface area (Å²) >= 11 is 7.45. The normalized spacial score (nSPS) is 10.8. The Kier molecular flexibility index (Phi) is 8.22. The lowest BCUT2D eigenvalue weighted by Crippen LogP contribution is -2.27. The van der Waals surface area contributed by atoms with E-state index in [2.05, 4.69) is 27.6 Å². The first-order valence-electron chi connectivity index (χ1n) is 10.9. The van der Waals surface area contributed by atoms with Crippen molar-refractivity contribution < 1.29 is 9.53 Å². The Morgan fingerprint density at radius 3 is 2.41 bits per heavy atom. The zero-order valence-corrected chi connectivity index (χ0v) is 20.4. The van der Waals surface area contributed by atoms with Crippen LogP contribution in [0, 0.1) is 0 Å². The first-order chi connectivity index (χ1) is 16.6. The van der Waals surface area contributed by atoms with Crippen molar-refractivity contribution in [1.82, 2.24) is 20.1 Å². The van der Waals surface area contributed by atoms with E-state index >= 15 is 0 Å². The van der Waals surface area contributed by atoms with Crippen LogP contribution in [0.1, 0.15) is 17.0 Å². The number of rotatable bonds is 10. The van der Waals surface area contributed by atoms with Gasteiger partial charge in [0.05, 0.1) is 12.9 Å². The van der Waals surface area contributed by atoms with Crippen molar-refractivity contribution in [2.45, 2.75) is 18.0 Å². The molecule has 3 aromatic carbocycles. The maximum atomic E-state index is 12.5. The van der Waals surface area contributed by atoms with E-state index in [9.17, 15) is 4.79 Å². The molecule has 1 N–H and O–H groups in total. The molecular weight excluding hydrogens is 468 g/mol. The minimum absolute atomic E-state index is 0.0474. The fourth-order valence-corrected chi connectivity index (χ4v) is 4.38. The minimum Gasteiger partial charge on any atom is -0.497 e. The van der Waals surface area contributed by atoms with E-state index in [0.29, 0.717) is 23.1 Å². The van der Waals surface area contributed by atoms with Gasteiger partial charge in [0.2, 0.25) is 5.91 Å². The third-order valence-corrected chi connectivity index (χ3v) is 6.40. The monoisotopic (exact) mass is 492 g/mol. The van der Waals surface area contributed by atoms with Gasteiger partial charge < -0.3 is 10.1 Å². The van der Waals surface area contributed by atoms with Crippen molar-refractivity contribution in [2.24, 2.45) is 0 Å². The van der Waals surface area contributed by atoms with Gasteiger partial charge in [0.25, 0.3) is 0 Å². The number of aromatic nitrogens is 3. The number of amides is 1. The van der Waals surface area contributed by atoms with Crippen LogP contribution >= 0.6 is 23.4 Å². The molecule has 0 bridgehead atoms. The molecule has 0 saturated carbocycles. The van der Waals surface area contributed by atoms with Crippen LogP contribution < -0.4 is 10.1 Å². The number of carbonyl (C=O) groups is 1. The molecule has 6 nitrogen and oxygen atoms in total. The van der Waals surface area contributed by atoms with Gasteiger partial charge in [0.1, 0.15) is 11.6 Å². The van der Waals surface area contributed by atoms with Gasteiger partial charge in [-0.25, -0.2) is 0 Å². The topological polar surface area (TPSA) is 69.0 Å². The van der Waals surface area contributed by atoms with Crippen molar-refractivity contribution in [2.75, 3.05) is 19.4 Å². The molecule has 0 atom stereocenters. The molecule has 1 amide bonds. The molecule has 0 aliphatic rings. The molecule has 0 radical (unpaired) electrons. The lowest BCUT2D eigenvalue weighted by Gasteiger charge is -2.11. The highest BCUT2D eigenvalue weighted by Gasteiger charge is 2.16. The fourth-order valence-electron chi connectivity index (χ4n) is 3.46. The third kappa shape index (κ3) is 6.40. The lowest BCUT2D eigenvalue weighted by atomic mass is 10.1. The van der Waals surface area contributed by atoms with Crippen LogP contribution in [0.15, 0.2) is 84.0 Å². The van der Waals surface area contributed by atoms with Crippen LogP contribution in [0.25, 0.3) is 5.69 Å². The van der Waals surface area contributed by atoms with Gasteiger partial charge in [-0.2, -0.15) is 0 Å². The zero-order valence-electron chi connectivity index (χ0n) is 18.8. The number of hydrogen-bond donors (Lipinski definition) is 1. The van der Waals surface area contributed by atoms with E-state index in [1.165, 1.54) is 11.8 Å². The van der Waals surface area contributed by atoms with E-state index in [4.69, 9.17) is 16.3 Å². The van der Waals surface area contributed by atoms with Gasteiger partial charge in [0, 0.05) is 23.7 Å². The van der Waals surface area contributed by atoms with E-state index < -0.39 is 0 Å². The van der Waals surface area contributed by atoms with Crippen molar-refractivity contribution in [3.8, 4) is 11.4 Å². The Morgan fingerprint density at radius 2 is 1.71 bits per heavy atom. The SMILES string of the molecule is COc1ccc(CCNC(=O)CSc2nnc(Cc3ccccc3)n2-c2ccc(Cl)cc2)cc1. The summed E-state index contributed by atoms with van der Waals surface area (Å²) in [6.07, 6.45) is 1.38. The molecule has 0 aliphatic heterocycles. The van der Waals surface area contributed by atoms with Crippen LogP contribution in [-0.2, 0) is 17.6 Å². The van der Waals surface area contributed by atoms with Crippen LogP contribution in [0.4, 0.5) is 0 Å². The Morgan fingerprint density at radius 1 is 0.971 bits per heavy atom. The van der Waals surface area contributed by atoms with E-state index in [1.807, 2.05) is 71.3 Å². The van der Waals surface area contributed by atoms with Gasteiger partial charge in [-0.15, -0.1) is 10.2 Å². The highest BCUT2D eigenvalue weighted by atomic mass is 35.5. The number of hydrogen-bond acceptors (Lipinski definition) is 5. The number of ether oxygens (including phenoxy) is 1. The maximum Gasteiger partial charge on any atom is 0.230 e. The second-order valence-electron chi connectivity index (χ2n) is 7.61. The molecule has 8 heteroatoms. The van der Waals surface area contributed by atoms with Crippen molar-refractivity contribution >= 4 is 29.3 Å². The van der Waals surface area contributed by atoms with Crippen LogP contribution in [-0.4, -0.2) is 40.1 Å². The predicted octanol–water partition coefficient (Wildman–Crippen LogP) is 4.97. The fraction of sp³-hybridized carbons (Fsp3) is 0.192. The minimum atomic E-state index is -0.0474. The number of benzene rings is 3. The van der Waals surface area contributed by atoms with Crippen molar-refractivity contribution in [3.05, 3.63) is 101 Å². The summed E-state index contributed by atoms with van der Waals surface area (Å²) < 4.78 is 7.16.